The molecule has 0 bridgehead atoms. The zero-order valence-electron chi connectivity index (χ0n) is 6.86. The van der Waals surface area contributed by atoms with Gasteiger partial charge in [0.2, 0.25) is 0 Å². The van der Waals surface area contributed by atoms with Crippen LogP contribution in [0.1, 0.15) is 17.4 Å². The number of esters is 1. The van der Waals surface area contributed by atoms with Gasteiger partial charge in [0.25, 0.3) is 0 Å². The van der Waals surface area contributed by atoms with Crippen LogP contribution in [-0.4, -0.2) is 22.1 Å². The molecule has 1 aromatic rings. The maximum atomic E-state index is 11.0. The standard InChI is InChI=1S/C8H10N2O2/c1-3-10-5-7(9-6-10)8(11)12-4-2/h3,5-6H,1,4H2,2H3. The fourth-order valence-corrected chi connectivity index (χ4v) is 0.747. The average Bonchev–Trinajstić information content (AvgIpc) is 2.52. The van der Waals surface area contributed by atoms with E-state index in [1.165, 1.54) is 6.33 Å². The Bertz CT molecular complexity index is 291. The Kier molecular flexibility index (Phi) is 2.63. The monoisotopic (exact) mass is 166 g/mol. The van der Waals surface area contributed by atoms with Crippen molar-refractivity contribution in [1.29, 1.82) is 0 Å². The summed E-state index contributed by atoms with van der Waals surface area (Å²) in [6.45, 7) is 5.63. The van der Waals surface area contributed by atoms with Crippen LogP contribution in [0.2, 0.25) is 0 Å². The van der Waals surface area contributed by atoms with Gasteiger partial charge in [0.1, 0.15) is 0 Å². The molecule has 1 heterocycles. The molecule has 0 unspecified atom stereocenters. The Labute approximate surface area is 70.5 Å². The summed E-state index contributed by atoms with van der Waals surface area (Å²) < 4.78 is 6.33. The minimum Gasteiger partial charge on any atom is -0.461 e. The predicted octanol–water partition coefficient (Wildman–Crippen LogP) is 1.16. The molecule has 4 heteroatoms. The number of aromatic nitrogens is 2. The molecule has 0 aliphatic heterocycles. The molecule has 0 aliphatic rings. The predicted molar refractivity (Wildman–Crippen MR) is 44.6 cm³/mol. The Morgan fingerprint density at radius 2 is 2.67 bits per heavy atom. The first-order valence-electron chi connectivity index (χ1n) is 3.61. The number of hydrogen-bond acceptors (Lipinski definition) is 3. The van der Waals surface area contributed by atoms with Crippen LogP contribution in [0, 0.1) is 0 Å². The van der Waals surface area contributed by atoms with Gasteiger partial charge in [0.15, 0.2) is 5.69 Å². The van der Waals surface area contributed by atoms with E-state index in [1.807, 2.05) is 0 Å². The number of imidazole rings is 1. The van der Waals surface area contributed by atoms with Crippen molar-refractivity contribution in [2.24, 2.45) is 0 Å². The van der Waals surface area contributed by atoms with Gasteiger partial charge in [-0.1, -0.05) is 6.58 Å². The normalized spacial score (nSPS) is 9.42. The van der Waals surface area contributed by atoms with Crippen LogP contribution < -0.4 is 0 Å². The molecule has 0 amide bonds. The molecular weight excluding hydrogens is 156 g/mol. The lowest BCUT2D eigenvalue weighted by Gasteiger charge is -1.95. The molecule has 4 nitrogen and oxygen atoms in total. The highest BCUT2D eigenvalue weighted by molar-refractivity contribution is 5.87. The van der Waals surface area contributed by atoms with E-state index in [9.17, 15) is 4.79 Å². The molecule has 12 heavy (non-hydrogen) atoms. The highest BCUT2D eigenvalue weighted by atomic mass is 16.5. The third-order valence-corrected chi connectivity index (χ3v) is 1.30. The largest absolute Gasteiger partial charge is 0.461 e. The molecule has 0 aromatic carbocycles. The van der Waals surface area contributed by atoms with Gasteiger partial charge >= 0.3 is 5.97 Å². The maximum absolute atomic E-state index is 11.0. The number of ether oxygens (including phenoxy) is 1. The van der Waals surface area contributed by atoms with E-state index in [0.29, 0.717) is 12.3 Å². The van der Waals surface area contributed by atoms with E-state index in [0.717, 1.165) is 0 Å². The lowest BCUT2D eigenvalue weighted by molar-refractivity contribution is 0.0520. The first-order chi connectivity index (χ1) is 5.77. The smallest absolute Gasteiger partial charge is 0.358 e. The van der Waals surface area contributed by atoms with Gasteiger partial charge in [-0.05, 0) is 6.92 Å². The first-order valence-corrected chi connectivity index (χ1v) is 3.61. The van der Waals surface area contributed by atoms with Gasteiger partial charge in [0, 0.05) is 12.4 Å². The summed E-state index contributed by atoms with van der Waals surface area (Å²) in [6.07, 6.45) is 4.61. The summed E-state index contributed by atoms with van der Waals surface area (Å²) in [5.41, 5.74) is 0.303. The second kappa shape index (κ2) is 3.71. The van der Waals surface area contributed by atoms with Crippen LogP contribution >= 0.6 is 0 Å². The summed E-state index contributed by atoms with van der Waals surface area (Å²) in [5, 5.41) is 0. The Morgan fingerprint density at radius 3 is 3.17 bits per heavy atom. The fourth-order valence-electron chi connectivity index (χ4n) is 0.747. The van der Waals surface area contributed by atoms with Crippen molar-refractivity contribution in [3.05, 3.63) is 24.8 Å². The zero-order chi connectivity index (χ0) is 8.97. The van der Waals surface area contributed by atoms with E-state index in [2.05, 4.69) is 11.6 Å². The highest BCUT2D eigenvalue weighted by Crippen LogP contribution is 1.98. The first kappa shape index (κ1) is 8.52. The minimum atomic E-state index is -0.405. The zero-order valence-corrected chi connectivity index (χ0v) is 6.86. The molecule has 0 radical (unpaired) electrons. The molecule has 0 spiro atoms. The number of nitrogens with zero attached hydrogens (tertiary/aromatic N) is 2. The van der Waals surface area contributed by atoms with Crippen LogP contribution in [0.3, 0.4) is 0 Å². The average molecular weight is 166 g/mol. The van der Waals surface area contributed by atoms with Crippen molar-refractivity contribution < 1.29 is 9.53 Å². The Hall–Kier alpha value is -1.58. The molecule has 0 saturated heterocycles. The van der Waals surface area contributed by atoms with Gasteiger partial charge in [0.05, 0.1) is 12.9 Å². The summed E-state index contributed by atoms with van der Waals surface area (Å²) in [7, 11) is 0. The molecule has 1 aromatic heterocycles. The molecule has 0 fully saturated rings. The number of rotatable bonds is 3. The SMILES string of the molecule is C=Cn1cnc(C(=O)OCC)c1. The van der Waals surface area contributed by atoms with Crippen molar-refractivity contribution >= 4 is 12.2 Å². The van der Waals surface area contributed by atoms with E-state index < -0.39 is 5.97 Å². The van der Waals surface area contributed by atoms with Crippen molar-refractivity contribution in [2.75, 3.05) is 6.61 Å². The van der Waals surface area contributed by atoms with Gasteiger partial charge in [-0.15, -0.1) is 0 Å². The number of carbonyl (C=O) groups excluding carboxylic acids is 1. The molecule has 0 atom stereocenters. The van der Waals surface area contributed by atoms with Gasteiger partial charge in [-0.3, -0.25) is 0 Å². The van der Waals surface area contributed by atoms with Crippen molar-refractivity contribution in [3.63, 3.8) is 0 Å². The van der Waals surface area contributed by atoms with Crippen LogP contribution in [0.4, 0.5) is 0 Å². The van der Waals surface area contributed by atoms with Crippen LogP contribution in [0.15, 0.2) is 19.1 Å². The number of carbonyl (C=O) groups is 1. The van der Waals surface area contributed by atoms with Gasteiger partial charge < -0.3 is 9.30 Å². The van der Waals surface area contributed by atoms with Crippen molar-refractivity contribution in [1.82, 2.24) is 9.55 Å². The lowest BCUT2D eigenvalue weighted by Crippen LogP contribution is -2.04. The van der Waals surface area contributed by atoms with Crippen molar-refractivity contribution in [2.45, 2.75) is 6.92 Å². The topological polar surface area (TPSA) is 44.1 Å². The molecule has 0 N–H and O–H groups in total. The lowest BCUT2D eigenvalue weighted by atomic mass is 10.5. The second-order valence-electron chi connectivity index (χ2n) is 2.11. The molecular formula is C8H10N2O2. The molecule has 1 rings (SSSR count). The van der Waals surface area contributed by atoms with Crippen molar-refractivity contribution in [3.8, 4) is 0 Å². The number of hydrogen-bond donors (Lipinski definition) is 0. The van der Waals surface area contributed by atoms with E-state index in [1.54, 1.807) is 23.9 Å². The van der Waals surface area contributed by atoms with Gasteiger partial charge in [-0.2, -0.15) is 0 Å². The maximum Gasteiger partial charge on any atom is 0.358 e. The van der Waals surface area contributed by atoms with Crippen LogP contribution in [0.25, 0.3) is 6.20 Å². The second-order valence-corrected chi connectivity index (χ2v) is 2.11. The molecule has 0 aliphatic carbocycles. The summed E-state index contributed by atoms with van der Waals surface area (Å²) in [4.78, 5) is 14.9. The third-order valence-electron chi connectivity index (χ3n) is 1.30. The Morgan fingerprint density at radius 1 is 1.92 bits per heavy atom. The van der Waals surface area contributed by atoms with E-state index >= 15 is 0 Å². The summed E-state index contributed by atoms with van der Waals surface area (Å²) in [5.74, 6) is -0.405. The van der Waals surface area contributed by atoms with E-state index in [-0.39, 0.29) is 0 Å². The Balaban J connectivity index is 2.74. The fraction of sp³-hybridized carbons (Fsp3) is 0.250. The van der Waals surface area contributed by atoms with Gasteiger partial charge in [-0.25, -0.2) is 9.78 Å². The van der Waals surface area contributed by atoms with Crippen LogP contribution in [-0.2, 0) is 4.74 Å². The highest BCUT2D eigenvalue weighted by Gasteiger charge is 2.08. The summed E-state index contributed by atoms with van der Waals surface area (Å²) >= 11 is 0. The molecule has 64 valence electrons. The molecule has 0 saturated carbocycles. The summed E-state index contributed by atoms with van der Waals surface area (Å²) in [6, 6.07) is 0. The van der Waals surface area contributed by atoms with Crippen LogP contribution in [0.5, 0.6) is 0 Å². The quantitative estimate of drug-likeness (QED) is 0.633. The van der Waals surface area contributed by atoms with E-state index in [4.69, 9.17) is 4.74 Å². The minimum absolute atomic E-state index is 0.303. The third kappa shape index (κ3) is 1.72.